The van der Waals surface area contributed by atoms with Crippen molar-refractivity contribution in [3.05, 3.63) is 0 Å². The summed E-state index contributed by atoms with van der Waals surface area (Å²) in [5.74, 6) is 0. The molecule has 0 saturated carbocycles. The largest absolute Gasteiger partial charge is 2.00 e. The second-order valence-corrected chi connectivity index (χ2v) is 0. The van der Waals surface area contributed by atoms with Crippen molar-refractivity contribution in [2.75, 3.05) is 0 Å². The van der Waals surface area contributed by atoms with Gasteiger partial charge in [0.25, 0.3) is 0 Å². The SMILES string of the molecule is [Cl-].[Cl-].[Cl-].[Cl-].[Na+].[Na+].[Sr+2]. The topological polar surface area (TPSA) is 0 Å². The minimum Gasteiger partial charge on any atom is -1.00 e. The Labute approximate surface area is 150 Å². The van der Waals surface area contributed by atoms with Gasteiger partial charge >= 0.3 is 105 Å². The molecule has 0 aromatic rings. The van der Waals surface area contributed by atoms with Crippen LogP contribution < -0.4 is 109 Å². The summed E-state index contributed by atoms with van der Waals surface area (Å²) >= 11 is 0. The Balaban J connectivity index is 0. The van der Waals surface area contributed by atoms with Crippen LogP contribution in [0.2, 0.25) is 0 Å². The van der Waals surface area contributed by atoms with E-state index in [1.807, 2.05) is 0 Å². The van der Waals surface area contributed by atoms with Gasteiger partial charge in [-0.05, 0) is 0 Å². The van der Waals surface area contributed by atoms with E-state index in [2.05, 4.69) is 0 Å². The van der Waals surface area contributed by atoms with Gasteiger partial charge in [0, 0.05) is 0 Å². The first-order valence-electron chi connectivity index (χ1n) is 0. The molecule has 0 amide bonds. The summed E-state index contributed by atoms with van der Waals surface area (Å²) in [7, 11) is 0. The third-order valence-electron chi connectivity index (χ3n) is 0. The first-order valence-corrected chi connectivity index (χ1v) is 0. The molecule has 0 aromatic heterocycles. The fraction of sp³-hybridized carbons (Fsp3) is 0. The Morgan fingerprint density at radius 1 is 0.429 bits per heavy atom. The van der Waals surface area contributed by atoms with Crippen LogP contribution in [0.15, 0.2) is 0 Å². The number of halogens is 4. The first-order chi connectivity index (χ1) is 0. The monoisotopic (exact) mass is 274 g/mol. The molecule has 0 fully saturated rings. The van der Waals surface area contributed by atoms with Crippen LogP contribution in [0.4, 0.5) is 0 Å². The molecule has 0 atom stereocenters. The zero-order valence-electron chi connectivity index (χ0n) is 4.22. The van der Waals surface area contributed by atoms with Gasteiger partial charge in [0.2, 0.25) is 0 Å². The Bertz CT molecular complexity index is 9.65. The zero-order chi connectivity index (χ0) is 0. The van der Waals surface area contributed by atoms with Gasteiger partial charge in [0.1, 0.15) is 0 Å². The van der Waals surface area contributed by atoms with Crippen LogP contribution in [0.25, 0.3) is 0 Å². The second kappa shape index (κ2) is 45.9. The third kappa shape index (κ3) is 36.9. The Morgan fingerprint density at radius 2 is 0.429 bits per heavy atom. The maximum atomic E-state index is 0. The van der Waals surface area contributed by atoms with Crippen molar-refractivity contribution in [3.63, 3.8) is 0 Å². The maximum Gasteiger partial charge on any atom is 2.00 e. The van der Waals surface area contributed by atoms with E-state index >= 15 is 0 Å². The molecule has 0 bridgehead atoms. The minimum absolute atomic E-state index is 0. The third-order valence-corrected chi connectivity index (χ3v) is 0. The molecule has 0 heterocycles. The molecule has 0 aliphatic heterocycles. The number of hydrogen-bond acceptors (Lipinski definition) is 0. The van der Waals surface area contributed by atoms with Crippen LogP contribution in [0, 0.1) is 0 Å². The molecule has 0 radical (unpaired) electrons. The second-order valence-electron chi connectivity index (χ2n) is 0. The number of rotatable bonds is 0. The van der Waals surface area contributed by atoms with Crippen molar-refractivity contribution in [2.24, 2.45) is 0 Å². The molecule has 0 N–H and O–H groups in total. The van der Waals surface area contributed by atoms with Crippen molar-refractivity contribution < 1.29 is 109 Å². The van der Waals surface area contributed by atoms with Crippen LogP contribution in [0.1, 0.15) is 0 Å². The van der Waals surface area contributed by atoms with E-state index in [0.717, 1.165) is 0 Å². The normalized spacial score (nSPS) is 0. The smallest absolute Gasteiger partial charge is 1.00 e. The van der Waals surface area contributed by atoms with E-state index in [9.17, 15) is 0 Å². The molecule has 7 heteroatoms. The quantitative estimate of drug-likeness (QED) is 0.385. The van der Waals surface area contributed by atoms with Crippen molar-refractivity contribution in [3.8, 4) is 0 Å². The van der Waals surface area contributed by atoms with E-state index in [1.54, 1.807) is 0 Å². The Kier molecular flexibility index (Phi) is 402. The van der Waals surface area contributed by atoms with Crippen molar-refractivity contribution in [1.82, 2.24) is 0 Å². The standard InChI is InChI=1S/4ClH.2Na.Sr/h4*1H;;;/q;;;;2*+1;+2/p-4. The van der Waals surface area contributed by atoms with Gasteiger partial charge in [0.05, 0.1) is 0 Å². The van der Waals surface area contributed by atoms with Gasteiger partial charge < -0.3 is 49.6 Å². The zero-order valence-corrected chi connectivity index (χ0v) is 14.7. The molecule has 0 aliphatic carbocycles. The van der Waals surface area contributed by atoms with Crippen molar-refractivity contribution >= 4 is 45.5 Å². The molecule has 0 saturated heterocycles. The van der Waals surface area contributed by atoms with Crippen LogP contribution in [0.3, 0.4) is 0 Å². The summed E-state index contributed by atoms with van der Waals surface area (Å²) in [6.07, 6.45) is 0. The number of hydrogen-bond donors (Lipinski definition) is 0. The van der Waals surface area contributed by atoms with Crippen LogP contribution in [-0.4, -0.2) is 45.5 Å². The van der Waals surface area contributed by atoms with E-state index in [1.165, 1.54) is 0 Å². The summed E-state index contributed by atoms with van der Waals surface area (Å²) in [5.41, 5.74) is 0. The fourth-order valence-electron chi connectivity index (χ4n) is 0. The first kappa shape index (κ1) is 61.2. The van der Waals surface area contributed by atoms with Gasteiger partial charge in [-0.2, -0.15) is 0 Å². The summed E-state index contributed by atoms with van der Waals surface area (Å²) in [5, 5.41) is 0. The van der Waals surface area contributed by atoms with E-state index < -0.39 is 0 Å². The minimum atomic E-state index is 0. The summed E-state index contributed by atoms with van der Waals surface area (Å²) < 4.78 is 0. The molecule has 0 unspecified atom stereocenters. The molecule has 0 nitrogen and oxygen atoms in total. The summed E-state index contributed by atoms with van der Waals surface area (Å²) in [6, 6.07) is 0. The molecule has 0 aromatic carbocycles. The Hall–Kier alpha value is 4.64. The molecule has 7 heavy (non-hydrogen) atoms. The maximum absolute atomic E-state index is 0. The van der Waals surface area contributed by atoms with Crippen LogP contribution in [-0.2, 0) is 0 Å². The van der Waals surface area contributed by atoms with Gasteiger partial charge in [-0.15, -0.1) is 0 Å². The molecule has 0 spiro atoms. The van der Waals surface area contributed by atoms with Gasteiger partial charge in [-0.3, -0.25) is 0 Å². The molecular weight excluding hydrogens is 275 g/mol. The van der Waals surface area contributed by atoms with Crippen molar-refractivity contribution in [1.29, 1.82) is 0 Å². The van der Waals surface area contributed by atoms with Gasteiger partial charge in [0.15, 0.2) is 0 Å². The van der Waals surface area contributed by atoms with Crippen LogP contribution >= 0.6 is 0 Å². The summed E-state index contributed by atoms with van der Waals surface area (Å²) in [6.45, 7) is 0. The predicted octanol–water partition coefficient (Wildman–Crippen LogP) is -18.4. The fourth-order valence-corrected chi connectivity index (χ4v) is 0. The van der Waals surface area contributed by atoms with E-state index in [0.29, 0.717) is 0 Å². The average molecular weight is 275 g/mol. The molecule has 0 rings (SSSR count). The molecule has 0 aliphatic rings. The van der Waals surface area contributed by atoms with Crippen molar-refractivity contribution in [2.45, 2.75) is 0 Å². The van der Waals surface area contributed by atoms with E-state index in [-0.39, 0.29) is 154 Å². The average Bonchev–Trinajstić information content (AvgIpc) is 0. The summed E-state index contributed by atoms with van der Waals surface area (Å²) in [4.78, 5) is 0. The molecular formula is Cl4Na2Sr. The molecule has 32 valence electrons. The van der Waals surface area contributed by atoms with Gasteiger partial charge in [-0.25, -0.2) is 0 Å². The Morgan fingerprint density at radius 3 is 0.429 bits per heavy atom. The van der Waals surface area contributed by atoms with Crippen LogP contribution in [0.5, 0.6) is 0 Å². The van der Waals surface area contributed by atoms with Gasteiger partial charge in [-0.1, -0.05) is 0 Å². The van der Waals surface area contributed by atoms with E-state index in [4.69, 9.17) is 0 Å². The predicted molar refractivity (Wildman–Crippen MR) is 5.75 cm³/mol.